The minimum absolute atomic E-state index is 0.0162. The molecule has 0 saturated carbocycles. The zero-order chi connectivity index (χ0) is 7.98. The van der Waals surface area contributed by atoms with Crippen molar-refractivity contribution >= 4 is 25.8 Å². The summed E-state index contributed by atoms with van der Waals surface area (Å²) < 4.78 is 4.79. The minimum atomic E-state index is -0.0996. The van der Waals surface area contributed by atoms with Gasteiger partial charge in [-0.1, -0.05) is 15.4 Å². The first kappa shape index (κ1) is 10.2. The van der Waals surface area contributed by atoms with Crippen molar-refractivity contribution in [2.24, 2.45) is 5.92 Å². The van der Waals surface area contributed by atoms with Crippen LogP contribution in [0, 0.1) is 5.92 Å². The fourth-order valence-electron chi connectivity index (χ4n) is 0.497. The Balaban J connectivity index is 3.49. The second-order valence-corrected chi connectivity index (χ2v) is 3.65. The molecule has 0 saturated heterocycles. The molecule has 0 heterocycles. The number of carbonyl (C=O) groups excluding carboxylic acids is 1. The maximum Gasteiger partial charge on any atom is 0.309 e. The highest BCUT2D eigenvalue weighted by molar-refractivity contribution is 8.43. The molecule has 0 aromatic heterocycles. The van der Waals surface area contributed by atoms with Gasteiger partial charge in [-0.15, -0.1) is 11.4 Å². The Labute approximate surface area is 68.0 Å². The molecule has 0 aliphatic rings. The molecule has 0 radical (unpaired) electrons. The van der Waals surface area contributed by atoms with Crippen molar-refractivity contribution in [2.75, 3.05) is 12.4 Å². The van der Waals surface area contributed by atoms with E-state index in [2.05, 4.69) is 8.44 Å². The van der Waals surface area contributed by atoms with E-state index in [-0.39, 0.29) is 11.9 Å². The number of hydrogen-bond donors (Lipinski definition) is 0. The summed E-state index contributed by atoms with van der Waals surface area (Å²) in [4.78, 5) is 10.9. The molecule has 0 N–H and O–H groups in total. The Bertz CT molecular complexity index is 108. The number of carbonyl (C=O) groups is 1. The van der Waals surface area contributed by atoms with E-state index in [1.54, 1.807) is 11.4 Å². The van der Waals surface area contributed by atoms with E-state index in [1.165, 1.54) is 0 Å². The third kappa shape index (κ3) is 4.13. The summed E-state index contributed by atoms with van der Waals surface area (Å²) in [5.41, 5.74) is 0. The fraction of sp³-hybridized carbons (Fsp3) is 0.833. The molecule has 0 aromatic rings. The molecule has 0 fully saturated rings. The van der Waals surface area contributed by atoms with E-state index in [0.29, 0.717) is 6.61 Å². The van der Waals surface area contributed by atoms with Gasteiger partial charge in [0.2, 0.25) is 0 Å². The lowest BCUT2D eigenvalue weighted by Crippen LogP contribution is -2.16. The number of hydrogen-bond acceptors (Lipinski definition) is 3. The van der Waals surface area contributed by atoms with Crippen LogP contribution in [0.1, 0.15) is 13.8 Å². The van der Waals surface area contributed by atoms with Gasteiger partial charge in [-0.25, -0.2) is 0 Å². The largest absolute Gasteiger partial charge is 0.466 e. The van der Waals surface area contributed by atoms with Gasteiger partial charge in [0.05, 0.1) is 12.5 Å². The number of esters is 1. The monoisotopic (exact) mass is 180 g/mol. The van der Waals surface area contributed by atoms with E-state index in [9.17, 15) is 4.79 Å². The van der Waals surface area contributed by atoms with Crippen molar-refractivity contribution in [3.8, 4) is 0 Å². The van der Waals surface area contributed by atoms with E-state index in [1.807, 2.05) is 13.8 Å². The molecule has 60 valence electrons. The molecule has 2 atom stereocenters. The Morgan fingerprint density at radius 3 is 2.80 bits per heavy atom. The van der Waals surface area contributed by atoms with Crippen LogP contribution in [0.15, 0.2) is 0 Å². The van der Waals surface area contributed by atoms with Gasteiger partial charge in [0.1, 0.15) is 0 Å². The summed E-state index contributed by atoms with van der Waals surface area (Å²) in [5.74, 6) is 0.726. The Hall–Kier alpha value is 0.250. The van der Waals surface area contributed by atoms with Crippen molar-refractivity contribution in [2.45, 2.75) is 13.8 Å². The molecule has 1 unspecified atom stereocenters. The maximum atomic E-state index is 10.9. The summed E-state index contributed by atoms with van der Waals surface area (Å²) in [6.07, 6.45) is 0. The van der Waals surface area contributed by atoms with Crippen molar-refractivity contribution in [3.05, 3.63) is 0 Å². The van der Waals surface area contributed by atoms with Gasteiger partial charge in [0.15, 0.2) is 0 Å². The average molecular weight is 180 g/mol. The van der Waals surface area contributed by atoms with Crippen LogP contribution in [0.2, 0.25) is 0 Å². The first-order chi connectivity index (χ1) is 4.72. The molecule has 2 nitrogen and oxygen atoms in total. The van der Waals surface area contributed by atoms with Gasteiger partial charge in [-0.05, 0) is 6.92 Å². The zero-order valence-electron chi connectivity index (χ0n) is 6.29. The molecular formula is C6H13O2PS. The maximum absolute atomic E-state index is 10.9. The van der Waals surface area contributed by atoms with Crippen molar-refractivity contribution in [3.63, 3.8) is 0 Å². The molecule has 0 bridgehead atoms. The smallest absolute Gasteiger partial charge is 0.309 e. The van der Waals surface area contributed by atoms with Gasteiger partial charge in [0, 0.05) is 5.75 Å². The number of rotatable bonds is 4. The molecule has 0 amide bonds. The van der Waals surface area contributed by atoms with Gasteiger partial charge in [-0.2, -0.15) is 0 Å². The van der Waals surface area contributed by atoms with Gasteiger partial charge in [0.25, 0.3) is 0 Å². The molecule has 0 spiro atoms. The lowest BCUT2D eigenvalue weighted by atomic mass is 10.2. The van der Waals surface area contributed by atoms with Crippen LogP contribution < -0.4 is 0 Å². The van der Waals surface area contributed by atoms with Crippen molar-refractivity contribution in [1.82, 2.24) is 0 Å². The predicted octanol–water partition coefficient (Wildman–Crippen LogP) is 1.71. The summed E-state index contributed by atoms with van der Waals surface area (Å²) in [6, 6.07) is 0. The second-order valence-electron chi connectivity index (χ2n) is 1.99. The molecule has 0 aliphatic heterocycles. The second kappa shape index (κ2) is 5.99. The van der Waals surface area contributed by atoms with Crippen LogP contribution in [-0.2, 0) is 9.53 Å². The van der Waals surface area contributed by atoms with Crippen LogP contribution in [0.25, 0.3) is 0 Å². The van der Waals surface area contributed by atoms with Crippen molar-refractivity contribution < 1.29 is 9.53 Å². The van der Waals surface area contributed by atoms with E-state index in [0.717, 1.165) is 5.75 Å². The lowest BCUT2D eigenvalue weighted by molar-refractivity contribution is -0.146. The average Bonchev–Trinajstić information content (AvgIpc) is 1.89. The molecule has 4 heteroatoms. The highest BCUT2D eigenvalue weighted by atomic mass is 32.7. The SMILES string of the molecule is CCOC(=O)[C@@H](C)CSP. The topological polar surface area (TPSA) is 26.3 Å². The minimum Gasteiger partial charge on any atom is -0.466 e. The summed E-state index contributed by atoms with van der Waals surface area (Å²) >= 11 is 1.58. The van der Waals surface area contributed by atoms with Crippen LogP contribution in [0.4, 0.5) is 0 Å². The molecule has 0 aliphatic carbocycles. The van der Waals surface area contributed by atoms with Gasteiger partial charge >= 0.3 is 5.97 Å². The van der Waals surface area contributed by atoms with Crippen LogP contribution in [0.3, 0.4) is 0 Å². The van der Waals surface area contributed by atoms with Gasteiger partial charge in [-0.3, -0.25) is 4.79 Å². The van der Waals surface area contributed by atoms with Crippen molar-refractivity contribution in [1.29, 1.82) is 0 Å². The standard InChI is InChI=1S/C6H13O2PS/c1-3-8-6(7)5(2)4-10-9/h5H,3-4,9H2,1-2H3/t5-/m0/s1. The van der Waals surface area contributed by atoms with E-state index in [4.69, 9.17) is 4.74 Å². The molecular weight excluding hydrogens is 167 g/mol. The number of ether oxygens (including phenoxy) is 1. The fourth-order valence-corrected chi connectivity index (χ4v) is 1.79. The highest BCUT2D eigenvalue weighted by Crippen LogP contribution is 2.15. The van der Waals surface area contributed by atoms with Crippen LogP contribution in [0.5, 0.6) is 0 Å². The van der Waals surface area contributed by atoms with Gasteiger partial charge < -0.3 is 4.74 Å². The Morgan fingerprint density at radius 2 is 2.40 bits per heavy atom. The molecule has 10 heavy (non-hydrogen) atoms. The first-order valence-electron chi connectivity index (χ1n) is 3.20. The highest BCUT2D eigenvalue weighted by Gasteiger charge is 2.11. The summed E-state index contributed by atoms with van der Waals surface area (Å²) in [7, 11) is 2.51. The predicted molar refractivity (Wildman–Crippen MR) is 48.0 cm³/mol. The molecule has 0 aromatic carbocycles. The third-order valence-electron chi connectivity index (χ3n) is 1.04. The molecule has 0 rings (SSSR count). The quantitative estimate of drug-likeness (QED) is 0.486. The van der Waals surface area contributed by atoms with E-state index >= 15 is 0 Å². The Kier molecular flexibility index (Phi) is 6.14. The first-order valence-corrected chi connectivity index (χ1v) is 5.67. The summed E-state index contributed by atoms with van der Waals surface area (Å²) in [6.45, 7) is 4.16. The van der Waals surface area contributed by atoms with Crippen LogP contribution >= 0.6 is 19.8 Å². The van der Waals surface area contributed by atoms with E-state index < -0.39 is 0 Å². The van der Waals surface area contributed by atoms with Crippen LogP contribution in [-0.4, -0.2) is 18.3 Å². The summed E-state index contributed by atoms with van der Waals surface area (Å²) in [5, 5.41) is 0. The zero-order valence-corrected chi connectivity index (χ0v) is 8.26. The normalized spacial score (nSPS) is 12.7. The third-order valence-corrected chi connectivity index (χ3v) is 2.30. The Morgan fingerprint density at radius 1 is 1.80 bits per heavy atom. The lowest BCUT2D eigenvalue weighted by Gasteiger charge is -2.07.